The van der Waals surface area contributed by atoms with Gasteiger partial charge in [-0.2, -0.15) is 0 Å². The smallest absolute Gasteiger partial charge is 0.193 e. The van der Waals surface area contributed by atoms with Crippen molar-refractivity contribution in [3.63, 3.8) is 0 Å². The molecule has 0 saturated heterocycles. The van der Waals surface area contributed by atoms with Crippen LogP contribution in [-0.2, 0) is 19.4 Å². The highest BCUT2D eigenvalue weighted by Gasteiger charge is 1.98. The van der Waals surface area contributed by atoms with E-state index in [1.807, 2.05) is 24.3 Å². The molecule has 0 heterocycles. The Morgan fingerprint density at radius 3 is 2.50 bits per heavy atom. The van der Waals surface area contributed by atoms with Crippen molar-refractivity contribution in [2.75, 3.05) is 11.2 Å². The lowest BCUT2D eigenvalue weighted by Crippen LogP contribution is -2.22. The number of hydrogen-bond donors (Lipinski definition) is 2. The van der Waals surface area contributed by atoms with E-state index in [-0.39, 0.29) is 0 Å². The van der Waals surface area contributed by atoms with E-state index < -0.39 is 0 Å². The number of aliphatic imine (C=N–C) groups is 1. The van der Waals surface area contributed by atoms with E-state index in [2.05, 4.69) is 41.5 Å². The van der Waals surface area contributed by atoms with Crippen molar-refractivity contribution in [2.24, 2.45) is 10.7 Å². The molecule has 116 valence electrons. The summed E-state index contributed by atoms with van der Waals surface area (Å²) in [6.07, 6.45) is 1.90. The van der Waals surface area contributed by atoms with E-state index in [1.165, 1.54) is 16.7 Å². The van der Waals surface area contributed by atoms with Gasteiger partial charge in [0.1, 0.15) is 0 Å². The average Bonchev–Trinajstić information content (AvgIpc) is 2.55. The largest absolute Gasteiger partial charge is 0.370 e. The Labute approximate surface area is 137 Å². The number of benzene rings is 2. The Hall–Kier alpha value is -2.00. The van der Waals surface area contributed by atoms with E-state index in [0.29, 0.717) is 18.4 Å². The molecular weight excluding hydrogens is 294 g/mol. The molecule has 0 bridgehead atoms. The third-order valence-electron chi connectivity index (χ3n) is 3.44. The second kappa shape index (κ2) is 8.44. The zero-order chi connectivity index (χ0) is 15.8. The zero-order valence-corrected chi connectivity index (χ0v) is 13.6. The maximum absolute atomic E-state index is 5.94. The molecule has 3 nitrogen and oxygen atoms in total. The maximum atomic E-state index is 5.94. The van der Waals surface area contributed by atoms with Crippen LogP contribution in [0.15, 0.2) is 53.5 Å². The number of nitrogens with two attached hydrogens (primary N) is 1. The molecule has 0 fully saturated rings. The van der Waals surface area contributed by atoms with Crippen LogP contribution in [0.5, 0.6) is 0 Å². The van der Waals surface area contributed by atoms with Crippen LogP contribution in [0.4, 0.5) is 5.69 Å². The van der Waals surface area contributed by atoms with Gasteiger partial charge in [-0.3, -0.25) is 0 Å². The Kier molecular flexibility index (Phi) is 6.28. The molecule has 0 aliphatic carbocycles. The lowest BCUT2D eigenvalue weighted by atomic mass is 10.1. The lowest BCUT2D eigenvalue weighted by molar-refractivity contribution is 1.04. The summed E-state index contributed by atoms with van der Waals surface area (Å²) in [4.78, 5) is 4.39. The highest BCUT2D eigenvalue weighted by atomic mass is 35.5. The molecule has 2 aromatic rings. The third kappa shape index (κ3) is 5.08. The van der Waals surface area contributed by atoms with Gasteiger partial charge in [0.2, 0.25) is 0 Å². The molecule has 0 unspecified atom stereocenters. The topological polar surface area (TPSA) is 50.4 Å². The van der Waals surface area contributed by atoms with Gasteiger partial charge in [-0.05, 0) is 41.7 Å². The number of rotatable bonds is 6. The first-order chi connectivity index (χ1) is 10.7. The lowest BCUT2D eigenvalue weighted by Gasteiger charge is -2.07. The van der Waals surface area contributed by atoms with Crippen molar-refractivity contribution >= 4 is 23.2 Å². The van der Waals surface area contributed by atoms with E-state index in [1.54, 1.807) is 0 Å². The highest BCUT2D eigenvalue weighted by Crippen LogP contribution is 2.11. The standard InChI is InChI=1S/C18H22ClN3/c1-2-14-4-3-5-16(12-14)13-21-18(20)22-17-8-6-15(7-9-17)10-11-19/h3-9,12H,2,10-11,13H2,1H3,(H3,20,21,22). The van der Waals surface area contributed by atoms with Gasteiger partial charge < -0.3 is 11.1 Å². The van der Waals surface area contributed by atoms with Gasteiger partial charge in [0.05, 0.1) is 6.54 Å². The summed E-state index contributed by atoms with van der Waals surface area (Å²) in [5, 5.41) is 3.10. The Bertz CT molecular complexity index is 620. The van der Waals surface area contributed by atoms with Crippen molar-refractivity contribution in [3.8, 4) is 0 Å². The molecule has 2 aromatic carbocycles. The van der Waals surface area contributed by atoms with E-state index in [4.69, 9.17) is 17.3 Å². The summed E-state index contributed by atoms with van der Waals surface area (Å²) < 4.78 is 0. The minimum absolute atomic E-state index is 0.423. The van der Waals surface area contributed by atoms with Crippen LogP contribution in [0.2, 0.25) is 0 Å². The minimum atomic E-state index is 0.423. The highest BCUT2D eigenvalue weighted by molar-refractivity contribution is 6.18. The molecule has 2 rings (SSSR count). The minimum Gasteiger partial charge on any atom is -0.370 e. The van der Waals surface area contributed by atoms with Crippen molar-refractivity contribution in [1.29, 1.82) is 0 Å². The fourth-order valence-electron chi connectivity index (χ4n) is 2.18. The number of hydrogen-bond acceptors (Lipinski definition) is 1. The predicted octanol–water partition coefficient (Wildman–Crippen LogP) is 3.96. The van der Waals surface area contributed by atoms with Gasteiger partial charge >= 0.3 is 0 Å². The normalized spacial score (nSPS) is 11.5. The first-order valence-electron chi connectivity index (χ1n) is 7.51. The van der Waals surface area contributed by atoms with Gasteiger partial charge in [0, 0.05) is 11.6 Å². The van der Waals surface area contributed by atoms with Crippen molar-refractivity contribution in [1.82, 2.24) is 0 Å². The number of aryl methyl sites for hydroxylation is 2. The van der Waals surface area contributed by atoms with Crippen LogP contribution in [-0.4, -0.2) is 11.8 Å². The summed E-state index contributed by atoms with van der Waals surface area (Å²) in [6, 6.07) is 16.5. The van der Waals surface area contributed by atoms with Crippen LogP contribution in [0.25, 0.3) is 0 Å². The monoisotopic (exact) mass is 315 g/mol. The number of guanidine groups is 1. The molecule has 4 heteroatoms. The van der Waals surface area contributed by atoms with E-state index in [0.717, 1.165) is 18.5 Å². The van der Waals surface area contributed by atoms with Gasteiger partial charge in [0.15, 0.2) is 5.96 Å². The molecule has 0 saturated carbocycles. The summed E-state index contributed by atoms with van der Waals surface area (Å²) >= 11 is 5.73. The summed E-state index contributed by atoms with van der Waals surface area (Å²) in [6.45, 7) is 2.73. The Balaban J connectivity index is 1.94. The fourth-order valence-corrected chi connectivity index (χ4v) is 2.39. The average molecular weight is 316 g/mol. The van der Waals surface area contributed by atoms with Gasteiger partial charge in [0.25, 0.3) is 0 Å². The predicted molar refractivity (Wildman–Crippen MR) is 95.6 cm³/mol. The molecule has 0 spiro atoms. The van der Waals surface area contributed by atoms with Crippen LogP contribution in [0, 0.1) is 0 Å². The molecule has 3 N–H and O–H groups in total. The quantitative estimate of drug-likeness (QED) is 0.481. The number of nitrogens with one attached hydrogen (secondary N) is 1. The van der Waals surface area contributed by atoms with Crippen LogP contribution in [0.3, 0.4) is 0 Å². The van der Waals surface area contributed by atoms with Crippen LogP contribution >= 0.6 is 11.6 Å². The zero-order valence-electron chi connectivity index (χ0n) is 12.8. The van der Waals surface area contributed by atoms with E-state index >= 15 is 0 Å². The van der Waals surface area contributed by atoms with Gasteiger partial charge in [-0.15, -0.1) is 11.6 Å². The van der Waals surface area contributed by atoms with Crippen LogP contribution < -0.4 is 11.1 Å². The molecule has 0 amide bonds. The molecule has 22 heavy (non-hydrogen) atoms. The first kappa shape index (κ1) is 16.4. The Morgan fingerprint density at radius 1 is 1.09 bits per heavy atom. The number of halogens is 1. The summed E-state index contributed by atoms with van der Waals surface area (Å²) in [7, 11) is 0. The van der Waals surface area contributed by atoms with Gasteiger partial charge in [-0.25, -0.2) is 4.99 Å². The fraction of sp³-hybridized carbons (Fsp3) is 0.278. The van der Waals surface area contributed by atoms with Crippen molar-refractivity contribution in [3.05, 3.63) is 65.2 Å². The molecule has 0 atom stereocenters. The Morgan fingerprint density at radius 2 is 1.82 bits per heavy atom. The number of alkyl halides is 1. The van der Waals surface area contributed by atoms with E-state index in [9.17, 15) is 0 Å². The number of anilines is 1. The molecule has 0 aliphatic heterocycles. The first-order valence-corrected chi connectivity index (χ1v) is 8.04. The molecule has 0 aromatic heterocycles. The van der Waals surface area contributed by atoms with Crippen molar-refractivity contribution < 1.29 is 0 Å². The summed E-state index contributed by atoms with van der Waals surface area (Å²) in [5.74, 6) is 1.06. The molecule has 0 aliphatic rings. The van der Waals surface area contributed by atoms with Crippen molar-refractivity contribution in [2.45, 2.75) is 26.3 Å². The SMILES string of the molecule is CCc1cccc(CN=C(N)Nc2ccc(CCCl)cc2)c1. The van der Waals surface area contributed by atoms with Gasteiger partial charge in [-0.1, -0.05) is 43.3 Å². The summed E-state index contributed by atoms with van der Waals surface area (Å²) in [5.41, 5.74) is 10.6. The third-order valence-corrected chi connectivity index (χ3v) is 3.63. The maximum Gasteiger partial charge on any atom is 0.193 e. The second-order valence-corrected chi connectivity index (χ2v) is 5.51. The molecule has 0 radical (unpaired) electrons. The second-order valence-electron chi connectivity index (χ2n) is 5.14. The van der Waals surface area contributed by atoms with Crippen LogP contribution in [0.1, 0.15) is 23.6 Å². The molecular formula is C18H22ClN3. The number of nitrogens with zero attached hydrogens (tertiary/aromatic N) is 1.